The zero-order chi connectivity index (χ0) is 16.4. The number of hydrogen-bond donors (Lipinski definition) is 0. The molecule has 5 nitrogen and oxygen atoms in total. The van der Waals surface area contributed by atoms with Crippen LogP contribution in [0.3, 0.4) is 0 Å². The Labute approximate surface area is 149 Å². The lowest BCUT2D eigenvalue weighted by atomic mass is 9.92. The van der Waals surface area contributed by atoms with Crippen LogP contribution in [-0.4, -0.2) is 39.5 Å². The molecule has 1 aliphatic rings. The number of fused-ring (bicyclic) bond motifs is 1. The third-order valence-electron chi connectivity index (χ3n) is 4.34. The highest BCUT2D eigenvalue weighted by atomic mass is 32.2. The second-order valence-electron chi connectivity index (χ2n) is 5.76. The number of rotatable bonds is 4. The molecule has 3 aromatic rings. The van der Waals surface area contributed by atoms with Crippen LogP contribution in [-0.2, 0) is 0 Å². The fourth-order valence-corrected chi connectivity index (χ4v) is 4.83. The standard InChI is InChI=1S/C17H18N4OS2/c1-22-13-2-3-14-15(8-13)19-10-20-17(14)12-4-6-21(7-5-12)24-16-9-18-11-23-16/h2-3,8-12H,4-7H2,1H3. The number of thiazole rings is 1. The van der Waals surface area contributed by atoms with Crippen molar-refractivity contribution in [2.75, 3.05) is 20.2 Å². The number of nitrogens with zero attached hydrogens (tertiary/aromatic N) is 4. The lowest BCUT2D eigenvalue weighted by Crippen LogP contribution is -2.27. The molecule has 0 spiro atoms. The van der Waals surface area contributed by atoms with Gasteiger partial charge in [0.2, 0.25) is 0 Å². The normalized spacial score (nSPS) is 16.5. The first-order valence-corrected chi connectivity index (χ1v) is 9.59. The largest absolute Gasteiger partial charge is 0.497 e. The first kappa shape index (κ1) is 15.8. The van der Waals surface area contributed by atoms with Crippen molar-refractivity contribution in [1.82, 2.24) is 19.3 Å². The van der Waals surface area contributed by atoms with Gasteiger partial charge in [-0.15, -0.1) is 11.3 Å². The molecule has 7 heteroatoms. The van der Waals surface area contributed by atoms with E-state index in [1.54, 1.807) is 24.8 Å². The minimum Gasteiger partial charge on any atom is -0.497 e. The SMILES string of the molecule is COc1ccc2c(C3CCN(Sc4cncs4)CC3)ncnc2c1. The lowest BCUT2D eigenvalue weighted by Gasteiger charge is -2.30. The average molecular weight is 358 g/mol. The van der Waals surface area contributed by atoms with Gasteiger partial charge < -0.3 is 4.74 Å². The van der Waals surface area contributed by atoms with Crippen LogP contribution in [0.1, 0.15) is 24.5 Å². The molecule has 0 atom stereocenters. The van der Waals surface area contributed by atoms with Crippen molar-refractivity contribution in [2.45, 2.75) is 23.0 Å². The predicted molar refractivity (Wildman–Crippen MR) is 97.6 cm³/mol. The molecule has 0 unspecified atom stereocenters. The fourth-order valence-electron chi connectivity index (χ4n) is 3.11. The third kappa shape index (κ3) is 3.24. The Balaban J connectivity index is 1.50. The second kappa shape index (κ2) is 7.04. The summed E-state index contributed by atoms with van der Waals surface area (Å²) in [6.45, 7) is 2.13. The van der Waals surface area contributed by atoms with Crippen molar-refractivity contribution in [3.05, 3.63) is 41.9 Å². The number of methoxy groups -OCH3 is 1. The number of hydrogen-bond acceptors (Lipinski definition) is 7. The van der Waals surface area contributed by atoms with Gasteiger partial charge >= 0.3 is 0 Å². The summed E-state index contributed by atoms with van der Waals surface area (Å²) in [6.07, 6.45) is 5.84. The van der Waals surface area contributed by atoms with Crippen molar-refractivity contribution in [3.8, 4) is 5.75 Å². The van der Waals surface area contributed by atoms with Crippen molar-refractivity contribution in [3.63, 3.8) is 0 Å². The smallest absolute Gasteiger partial charge is 0.121 e. The molecule has 124 valence electrons. The zero-order valence-electron chi connectivity index (χ0n) is 13.4. The van der Waals surface area contributed by atoms with Crippen LogP contribution < -0.4 is 4.74 Å². The summed E-state index contributed by atoms with van der Waals surface area (Å²) in [6, 6.07) is 6.06. The Morgan fingerprint density at radius 1 is 1.25 bits per heavy atom. The Morgan fingerprint density at radius 2 is 2.12 bits per heavy atom. The minimum atomic E-state index is 0.488. The van der Waals surface area contributed by atoms with Gasteiger partial charge in [0.15, 0.2) is 0 Å². The monoisotopic (exact) mass is 358 g/mol. The van der Waals surface area contributed by atoms with Crippen LogP contribution >= 0.6 is 23.3 Å². The maximum atomic E-state index is 5.30. The van der Waals surface area contributed by atoms with E-state index in [-0.39, 0.29) is 0 Å². The van der Waals surface area contributed by atoms with Gasteiger partial charge in [-0.3, -0.25) is 4.98 Å². The van der Waals surface area contributed by atoms with Crippen LogP contribution in [0.5, 0.6) is 5.75 Å². The van der Waals surface area contributed by atoms with Crippen molar-refractivity contribution >= 4 is 34.2 Å². The van der Waals surface area contributed by atoms with Gasteiger partial charge in [0.05, 0.1) is 34.2 Å². The Morgan fingerprint density at radius 3 is 2.88 bits per heavy atom. The van der Waals surface area contributed by atoms with E-state index in [1.807, 2.05) is 35.8 Å². The molecule has 1 aliphatic heterocycles. The number of benzene rings is 1. The van der Waals surface area contributed by atoms with E-state index in [1.165, 1.54) is 9.90 Å². The van der Waals surface area contributed by atoms with Gasteiger partial charge in [-0.25, -0.2) is 14.3 Å². The molecule has 2 aromatic heterocycles. The fraction of sp³-hybridized carbons (Fsp3) is 0.353. The summed E-state index contributed by atoms with van der Waals surface area (Å²) in [4.78, 5) is 13.1. The Hall–Kier alpha value is -1.70. The molecule has 0 radical (unpaired) electrons. The van der Waals surface area contributed by atoms with Crippen LogP contribution in [0.15, 0.2) is 40.4 Å². The molecular weight excluding hydrogens is 340 g/mol. The Kier molecular flexibility index (Phi) is 4.64. The molecule has 0 aliphatic carbocycles. The van der Waals surface area contributed by atoms with E-state index >= 15 is 0 Å². The predicted octanol–water partition coefficient (Wildman–Crippen LogP) is 3.98. The zero-order valence-corrected chi connectivity index (χ0v) is 15.0. The summed E-state index contributed by atoms with van der Waals surface area (Å²) < 4.78 is 8.98. The average Bonchev–Trinajstić information content (AvgIpc) is 3.14. The molecule has 3 heterocycles. The maximum absolute atomic E-state index is 5.30. The molecule has 1 fully saturated rings. The van der Waals surface area contributed by atoms with Crippen LogP contribution in [0.2, 0.25) is 0 Å². The molecule has 24 heavy (non-hydrogen) atoms. The molecule has 0 saturated carbocycles. The topological polar surface area (TPSA) is 51.1 Å². The van der Waals surface area contributed by atoms with Gasteiger partial charge in [0, 0.05) is 30.5 Å². The number of ether oxygens (including phenoxy) is 1. The van der Waals surface area contributed by atoms with E-state index in [9.17, 15) is 0 Å². The minimum absolute atomic E-state index is 0.488. The van der Waals surface area contributed by atoms with E-state index in [0.717, 1.165) is 42.6 Å². The van der Waals surface area contributed by atoms with Crippen molar-refractivity contribution in [2.24, 2.45) is 0 Å². The van der Waals surface area contributed by atoms with Crippen LogP contribution in [0, 0.1) is 0 Å². The molecule has 1 aromatic carbocycles. The molecule has 1 saturated heterocycles. The first-order valence-electron chi connectivity index (χ1n) is 7.93. The van der Waals surface area contributed by atoms with E-state index in [0.29, 0.717) is 5.92 Å². The van der Waals surface area contributed by atoms with Gasteiger partial charge in [0.1, 0.15) is 12.1 Å². The molecule has 0 amide bonds. The highest BCUT2D eigenvalue weighted by molar-refractivity contribution is 7.98. The highest BCUT2D eigenvalue weighted by Crippen LogP contribution is 2.36. The quantitative estimate of drug-likeness (QED) is 0.658. The molecular formula is C17H18N4OS2. The van der Waals surface area contributed by atoms with E-state index in [4.69, 9.17) is 4.74 Å². The summed E-state index contributed by atoms with van der Waals surface area (Å²) in [7, 11) is 1.68. The lowest BCUT2D eigenvalue weighted by molar-refractivity contribution is 0.344. The second-order valence-corrected chi connectivity index (χ2v) is 8.04. The van der Waals surface area contributed by atoms with Crippen LogP contribution in [0.4, 0.5) is 0 Å². The Bertz CT molecular complexity index is 817. The van der Waals surface area contributed by atoms with E-state index in [2.05, 4.69) is 25.3 Å². The van der Waals surface area contributed by atoms with Gasteiger partial charge in [-0.1, -0.05) is 0 Å². The summed E-state index contributed by atoms with van der Waals surface area (Å²) in [5.41, 5.74) is 4.02. The summed E-state index contributed by atoms with van der Waals surface area (Å²) >= 11 is 3.51. The van der Waals surface area contributed by atoms with Crippen molar-refractivity contribution < 1.29 is 4.74 Å². The van der Waals surface area contributed by atoms with Crippen molar-refractivity contribution in [1.29, 1.82) is 0 Å². The van der Waals surface area contributed by atoms with Gasteiger partial charge in [-0.05, 0) is 36.9 Å². The molecule has 4 rings (SSSR count). The van der Waals surface area contributed by atoms with Crippen LogP contribution in [0.25, 0.3) is 10.9 Å². The molecule has 0 N–H and O–H groups in total. The number of aromatic nitrogens is 3. The molecule has 0 bridgehead atoms. The number of piperidine rings is 1. The summed E-state index contributed by atoms with van der Waals surface area (Å²) in [5, 5.41) is 1.15. The first-order chi connectivity index (χ1) is 11.8. The third-order valence-corrected chi connectivity index (χ3v) is 6.33. The van der Waals surface area contributed by atoms with Gasteiger partial charge in [0.25, 0.3) is 0 Å². The maximum Gasteiger partial charge on any atom is 0.121 e. The summed E-state index contributed by atoms with van der Waals surface area (Å²) in [5.74, 6) is 1.32. The van der Waals surface area contributed by atoms with E-state index < -0.39 is 0 Å². The highest BCUT2D eigenvalue weighted by Gasteiger charge is 2.24. The van der Waals surface area contributed by atoms with Gasteiger partial charge in [-0.2, -0.15) is 0 Å².